The first-order chi connectivity index (χ1) is 69.0. The number of pyridine rings is 4. The lowest BCUT2D eigenvalue weighted by atomic mass is 9.84. The zero-order valence-electron chi connectivity index (χ0n) is 87.5. The van der Waals surface area contributed by atoms with Gasteiger partial charge in [0.05, 0.1) is 54.0 Å². The summed E-state index contributed by atoms with van der Waals surface area (Å²) in [7, 11) is 7.56. The number of hydrogen-bond donors (Lipinski definition) is 0. The van der Waals surface area contributed by atoms with Gasteiger partial charge in [0.25, 0.3) is 0 Å². The molecule has 2 saturated carbocycles. The Morgan fingerprint density at radius 2 is 0.617 bits per heavy atom. The molecule has 0 amide bonds. The predicted octanol–water partition coefficient (Wildman–Crippen LogP) is 32.0. The van der Waals surface area contributed by atoms with Gasteiger partial charge in [-0.25, -0.2) is 37.6 Å². The first kappa shape index (κ1) is 74.2. The van der Waals surface area contributed by atoms with Crippen molar-refractivity contribution in [3.05, 3.63) is 382 Å². The molecule has 20 aromatic rings. The number of furan rings is 4. The van der Waals surface area contributed by atoms with Gasteiger partial charge in [-0.1, -0.05) is 271 Å². The highest BCUT2D eigenvalue weighted by Crippen LogP contribution is 2.51. The average Bonchev–Trinajstić information content (AvgIpc) is 1.55. The molecule has 2 aliphatic carbocycles. The summed E-state index contributed by atoms with van der Waals surface area (Å²) < 4.78 is 128. The average molecular weight is 1750 g/mol. The molecule has 0 saturated heterocycles. The fourth-order valence-corrected chi connectivity index (χ4v) is 19.4. The normalized spacial score (nSPS) is 14.8. The van der Waals surface area contributed by atoms with Crippen LogP contribution >= 0.6 is 0 Å². The maximum atomic E-state index is 9.22. The van der Waals surface area contributed by atoms with E-state index in [0.29, 0.717) is 79.6 Å². The van der Waals surface area contributed by atoms with E-state index in [0.717, 1.165) is 229 Å². The number of benzene rings is 12. The molecule has 8 heterocycles. The van der Waals surface area contributed by atoms with E-state index < -0.39 is 30.4 Å². The van der Waals surface area contributed by atoms with Gasteiger partial charge in [-0.3, -0.25) is 0 Å². The molecule has 0 atom stereocenters. The summed E-state index contributed by atoms with van der Waals surface area (Å²) in [6, 6.07) is 79.6. The van der Waals surface area contributed by atoms with Gasteiger partial charge in [0.15, 0.2) is 47.5 Å². The predicted molar refractivity (Wildman–Crippen MR) is 542 cm³/mol. The molecule has 8 aromatic heterocycles. The summed E-state index contributed by atoms with van der Waals surface area (Å²) in [5.74, 6) is -1.43. The number of aromatic nitrogens is 4. The lowest BCUT2D eigenvalue weighted by molar-refractivity contribution is -0.660. The van der Waals surface area contributed by atoms with Gasteiger partial charge in [0.2, 0.25) is 22.8 Å². The van der Waals surface area contributed by atoms with E-state index in [1.807, 2.05) is 282 Å². The topological polar surface area (TPSA) is 85.5 Å². The third kappa shape index (κ3) is 16.4. The van der Waals surface area contributed by atoms with Crippen molar-refractivity contribution in [2.45, 2.75) is 131 Å². The molecular formula is C121H106N8O4+4. The lowest BCUT2D eigenvalue weighted by Gasteiger charge is -2.21. The molecule has 0 spiro atoms. The summed E-state index contributed by atoms with van der Waals surface area (Å²) in [5, 5.41) is 7.60. The maximum absolute atomic E-state index is 9.22. The summed E-state index contributed by atoms with van der Waals surface area (Å²) in [6.07, 6.45) is 13.6. The molecule has 0 aliphatic heterocycles. The quantitative estimate of drug-likeness (QED) is 0.0954. The van der Waals surface area contributed by atoms with Gasteiger partial charge >= 0.3 is 0 Å². The van der Waals surface area contributed by atoms with Gasteiger partial charge in [0, 0.05) is 123 Å². The van der Waals surface area contributed by atoms with Crippen LogP contribution in [0.1, 0.15) is 150 Å². The van der Waals surface area contributed by atoms with E-state index in [4.69, 9.17) is 57.7 Å². The minimum Gasteiger partial charge on any atom is -0.456 e. The Kier molecular flexibility index (Phi) is 20.3. The second-order valence-corrected chi connectivity index (χ2v) is 35.9. The molecule has 12 heteroatoms. The largest absolute Gasteiger partial charge is 0.456 e. The monoisotopic (exact) mass is 1750 g/mol. The van der Waals surface area contributed by atoms with E-state index in [2.05, 4.69) is 63.6 Å². The number of hydrogen-bond acceptors (Lipinski definition) is 4. The van der Waals surface area contributed by atoms with Crippen LogP contribution in [0, 0.1) is 66.3 Å². The Morgan fingerprint density at radius 3 is 0.917 bits per heavy atom. The first-order valence-electron chi connectivity index (χ1n) is 50.7. The van der Waals surface area contributed by atoms with Crippen LogP contribution < -0.4 is 18.3 Å². The van der Waals surface area contributed by atoms with Crippen molar-refractivity contribution in [1.29, 1.82) is 0 Å². The van der Waals surface area contributed by atoms with Gasteiger partial charge < -0.3 is 17.7 Å². The second kappa shape index (κ2) is 36.4. The smallest absolute Gasteiger partial charge is 0.216 e. The first-order valence-corrected chi connectivity index (χ1v) is 45.2. The van der Waals surface area contributed by atoms with Crippen LogP contribution in [0.5, 0.6) is 0 Å². The Morgan fingerprint density at radius 1 is 0.338 bits per heavy atom. The molecule has 2 fully saturated rings. The Labute approximate surface area is 793 Å². The number of nitrogens with zero attached hydrogens (tertiary/aromatic N) is 8. The third-order valence-corrected chi connectivity index (χ3v) is 26.0. The molecular weight excluding hydrogens is 1630 g/mol. The highest BCUT2D eigenvalue weighted by atomic mass is 16.3. The number of rotatable bonds is 11. The van der Waals surface area contributed by atoms with Crippen LogP contribution in [0.3, 0.4) is 0 Å². The molecule has 12 aromatic carbocycles. The van der Waals surface area contributed by atoms with Crippen molar-refractivity contribution >= 4 is 111 Å². The van der Waals surface area contributed by atoms with Gasteiger partial charge in [0.1, 0.15) is 72.9 Å². The van der Waals surface area contributed by atoms with Crippen LogP contribution in [0.2, 0.25) is 0 Å². The van der Waals surface area contributed by atoms with E-state index in [1.165, 1.54) is 6.20 Å². The van der Waals surface area contributed by atoms with Crippen molar-refractivity contribution in [2.24, 2.45) is 33.6 Å². The number of aryl methyl sites for hydroxylation is 9. The zero-order valence-corrected chi connectivity index (χ0v) is 76.5. The highest BCUT2D eigenvalue weighted by Gasteiger charge is 2.32. The number of fused-ring (bicyclic) bond motifs is 12. The Bertz CT molecular complexity index is 8780. The summed E-state index contributed by atoms with van der Waals surface area (Å²) in [6.45, 7) is 42.3. The Hall–Kier alpha value is -15.6. The fraction of sp³-hybridized carbons (Fsp3) is 0.207. The van der Waals surface area contributed by atoms with Crippen molar-refractivity contribution in [3.8, 4) is 89.5 Å². The van der Waals surface area contributed by atoms with Crippen LogP contribution in [0.15, 0.2) is 309 Å². The van der Waals surface area contributed by atoms with Crippen LogP contribution in [0.25, 0.3) is 197 Å². The molecule has 22 rings (SSSR count). The minimum absolute atomic E-state index is 0.00115. The minimum atomic E-state index is -2.37. The van der Waals surface area contributed by atoms with Crippen LogP contribution in [0.4, 0.5) is 22.7 Å². The molecule has 133 heavy (non-hydrogen) atoms. The van der Waals surface area contributed by atoms with Gasteiger partial charge in [-0.2, -0.15) is 0 Å². The van der Waals surface area contributed by atoms with E-state index in [-0.39, 0.29) is 17.6 Å². The van der Waals surface area contributed by atoms with E-state index in [9.17, 15) is 1.37 Å². The van der Waals surface area contributed by atoms with Gasteiger partial charge in [-0.05, 0) is 151 Å². The standard InChI is InChI=1S/C32H29N2O.C31H27N2O.C31H29N2O.C27H21N2O/c1-21-14-15-25-26-16-17-27(33-2)30(23-12-8-5-9-13-23)32(26)35-31(25)29(21)28-20-24(18-19-34(28)3)22-10-6-4-7-11-22;1-20-13-14-24-25-15-16-26(32-2)29(22-11-5-4-6-12-22)31(25)34-30(24)28(20)27-19-23(17-18-33(27)3)21-9-7-8-10-21;1-20-12-13-23-24-14-15-25(32-5)28(22-10-8-7-9-11-22)30(24)34-29(23)27(20)26-18-21(16-17-33(26)6)19-31(2,3)4;1-17-10-15-23(29(4)16-17)24-18(2)11-12-20-21-13-14-22(28-3)25(27(21)30-26(20)24)19-8-6-5-7-9-19/h5,8-9,12-20,22H,4,6-7,10-11H2,1,3H3;4-6,11-19,21H,7-10H2,1,3H3;7-18H,19H2,1-4,6H3;5-16H,1-2,4H3/q4*+1/i18D,22D;17D,21D;16D,19D2;1D3,10D. The Balaban J connectivity index is 0.000000122. The summed E-state index contributed by atoms with van der Waals surface area (Å²) >= 11 is 0. The molecule has 0 unspecified atom stereocenters. The lowest BCUT2D eigenvalue weighted by Crippen LogP contribution is -2.31. The molecule has 0 radical (unpaired) electrons. The molecule has 2 aliphatic rings. The maximum Gasteiger partial charge on any atom is 0.216 e. The second-order valence-electron chi connectivity index (χ2n) is 35.9. The zero-order chi connectivity index (χ0) is 102. The van der Waals surface area contributed by atoms with Gasteiger partial charge in [-0.15, -0.1) is 0 Å². The third-order valence-electron chi connectivity index (χ3n) is 26.0. The summed E-state index contributed by atoms with van der Waals surface area (Å²) in [4.78, 5) is 15.1. The van der Waals surface area contributed by atoms with E-state index in [1.54, 1.807) is 29.9 Å². The fourth-order valence-electron chi connectivity index (χ4n) is 19.4. The summed E-state index contributed by atoms with van der Waals surface area (Å²) in [5.41, 5.74) is 26.9. The molecule has 0 bridgehead atoms. The van der Waals surface area contributed by atoms with Crippen molar-refractivity contribution in [3.63, 3.8) is 0 Å². The molecule has 0 N–H and O–H groups in total. The highest BCUT2D eigenvalue weighted by molar-refractivity contribution is 6.19. The van der Waals surface area contributed by atoms with Crippen molar-refractivity contribution in [1.82, 2.24) is 0 Å². The SMILES string of the molecule is [2H]c1c[n+](C)c(-c2c(C)ccc3c2oc2c(-c4ccccc4)c([N+]#[C-])ccc23)cc1C([2H])([2H])C(C)(C)C.[2H]c1c[n+](C)c(-c2c(C)ccc3c2oc2c(-c4ccccc4)c([N+]#[C-])ccc23)cc1C1([2H])CCCC1.[2H]c1c[n+](C)c(-c2c(C)ccc3c2oc2c(-c4ccccc4)c([N+]#[C-])ccc23)cc1C1([2H])CCCCC1.[2H]c1cc(-c2c(C)ccc3c2oc2c(-c4ccccc4)c([N+]#[C-])ccc23)[n+](C)cc1C([2H])([2H])[2H]. The van der Waals surface area contributed by atoms with Crippen molar-refractivity contribution in [2.75, 3.05) is 0 Å². The van der Waals surface area contributed by atoms with E-state index >= 15 is 0 Å². The molecule has 12 nitrogen and oxygen atoms in total. The van der Waals surface area contributed by atoms with Crippen molar-refractivity contribution < 1.29 is 51.0 Å². The van der Waals surface area contributed by atoms with Crippen LogP contribution in [-0.4, -0.2) is 0 Å². The molecule has 650 valence electrons. The van der Waals surface area contributed by atoms with Crippen LogP contribution in [-0.2, 0) is 34.6 Å².